The molecule has 4 nitrogen and oxygen atoms in total. The van der Waals surface area contributed by atoms with E-state index in [9.17, 15) is 0 Å². The van der Waals surface area contributed by atoms with Crippen molar-refractivity contribution in [2.75, 3.05) is 19.7 Å². The number of morpholine rings is 1. The van der Waals surface area contributed by atoms with Gasteiger partial charge in [-0.1, -0.05) is 25.4 Å². The van der Waals surface area contributed by atoms with E-state index < -0.39 is 0 Å². The highest BCUT2D eigenvalue weighted by atomic mass is 79.9. The Labute approximate surface area is 139 Å². The average molecular weight is 375 g/mol. The van der Waals surface area contributed by atoms with Crippen LogP contribution in [0.25, 0.3) is 0 Å². The van der Waals surface area contributed by atoms with Gasteiger partial charge in [0.25, 0.3) is 0 Å². The second-order valence-electron chi connectivity index (χ2n) is 6.34. The molecule has 2 fully saturated rings. The number of nitrogens with zero attached hydrogens (tertiary/aromatic N) is 3. The number of hydrogen-bond acceptors (Lipinski definition) is 4. The fourth-order valence-corrected chi connectivity index (χ4v) is 3.66. The largest absolute Gasteiger partial charge is 0.367 e. The van der Waals surface area contributed by atoms with Crippen LogP contribution in [0.15, 0.2) is 4.47 Å². The highest BCUT2D eigenvalue weighted by molar-refractivity contribution is 9.10. The molecule has 21 heavy (non-hydrogen) atoms. The lowest BCUT2D eigenvalue weighted by atomic mass is 10.1. The van der Waals surface area contributed by atoms with E-state index in [1.807, 2.05) is 0 Å². The molecule has 2 aliphatic heterocycles. The Bertz CT molecular complexity index is 526. The van der Waals surface area contributed by atoms with Crippen LogP contribution in [0.2, 0.25) is 5.15 Å². The fourth-order valence-electron chi connectivity index (χ4n) is 3.12. The Morgan fingerprint density at radius 2 is 2.24 bits per heavy atom. The van der Waals surface area contributed by atoms with Crippen molar-refractivity contribution in [3.8, 4) is 0 Å². The normalized spacial score (nSPS) is 26.3. The maximum absolute atomic E-state index is 6.27. The molecular weight excluding hydrogens is 354 g/mol. The minimum atomic E-state index is -0.0594. The third-order valence-electron chi connectivity index (χ3n) is 4.18. The first-order valence-electron chi connectivity index (χ1n) is 7.62. The topological polar surface area (TPSA) is 38.2 Å². The summed E-state index contributed by atoms with van der Waals surface area (Å²) in [6, 6.07) is 0.585. The second kappa shape index (κ2) is 6.49. The van der Waals surface area contributed by atoms with Gasteiger partial charge in [-0.2, -0.15) is 0 Å². The molecule has 3 heterocycles. The molecule has 0 radical (unpaired) electrons. The van der Waals surface area contributed by atoms with Gasteiger partial charge < -0.3 is 4.74 Å². The molecule has 0 aliphatic carbocycles. The van der Waals surface area contributed by atoms with Crippen molar-refractivity contribution in [2.24, 2.45) is 5.92 Å². The Morgan fingerprint density at radius 3 is 3.00 bits per heavy atom. The minimum absolute atomic E-state index is 0.0594. The number of hydrogen-bond donors (Lipinski definition) is 0. The summed E-state index contributed by atoms with van der Waals surface area (Å²) in [6.45, 7) is 7.17. The van der Waals surface area contributed by atoms with E-state index >= 15 is 0 Å². The minimum Gasteiger partial charge on any atom is -0.367 e. The van der Waals surface area contributed by atoms with Gasteiger partial charge in [0.2, 0.25) is 0 Å². The summed E-state index contributed by atoms with van der Waals surface area (Å²) < 4.78 is 6.81. The Morgan fingerprint density at radius 1 is 1.43 bits per heavy atom. The molecule has 0 saturated carbocycles. The smallest absolute Gasteiger partial charge is 0.160 e. The molecule has 0 bridgehead atoms. The van der Waals surface area contributed by atoms with Crippen molar-refractivity contribution in [2.45, 2.75) is 45.3 Å². The Balaban J connectivity index is 1.83. The maximum atomic E-state index is 6.27. The van der Waals surface area contributed by atoms with Crippen LogP contribution in [0, 0.1) is 5.92 Å². The first-order chi connectivity index (χ1) is 10.0. The summed E-state index contributed by atoms with van der Waals surface area (Å²) >= 11 is 9.77. The molecule has 2 unspecified atom stereocenters. The van der Waals surface area contributed by atoms with Gasteiger partial charge in [-0.05, 0) is 47.7 Å². The first kappa shape index (κ1) is 15.7. The Kier molecular flexibility index (Phi) is 4.84. The summed E-state index contributed by atoms with van der Waals surface area (Å²) in [5, 5.41) is 0.489. The fraction of sp³-hybridized carbons (Fsp3) is 0.733. The second-order valence-corrected chi connectivity index (χ2v) is 7.50. The lowest BCUT2D eigenvalue weighted by molar-refractivity contribution is -0.0542. The van der Waals surface area contributed by atoms with Crippen LogP contribution < -0.4 is 0 Å². The summed E-state index contributed by atoms with van der Waals surface area (Å²) in [5.41, 5.74) is 0.979. The molecule has 0 amide bonds. The zero-order valence-electron chi connectivity index (χ0n) is 12.5. The van der Waals surface area contributed by atoms with Crippen molar-refractivity contribution >= 4 is 27.5 Å². The molecule has 0 spiro atoms. The van der Waals surface area contributed by atoms with E-state index in [-0.39, 0.29) is 6.10 Å². The van der Waals surface area contributed by atoms with Crippen LogP contribution in [0.3, 0.4) is 0 Å². The van der Waals surface area contributed by atoms with Crippen LogP contribution >= 0.6 is 27.5 Å². The molecule has 2 aliphatic rings. The zero-order chi connectivity index (χ0) is 15.0. The molecule has 1 aromatic rings. The van der Waals surface area contributed by atoms with Crippen molar-refractivity contribution in [1.29, 1.82) is 0 Å². The van der Waals surface area contributed by atoms with E-state index in [4.69, 9.17) is 21.3 Å². The number of aromatic nitrogens is 2. The first-order valence-corrected chi connectivity index (χ1v) is 8.79. The zero-order valence-corrected chi connectivity index (χ0v) is 14.8. The van der Waals surface area contributed by atoms with Gasteiger partial charge in [0, 0.05) is 12.6 Å². The van der Waals surface area contributed by atoms with Crippen LogP contribution in [0.4, 0.5) is 0 Å². The number of halogens is 2. The van der Waals surface area contributed by atoms with Crippen LogP contribution in [0.5, 0.6) is 0 Å². The van der Waals surface area contributed by atoms with Crippen molar-refractivity contribution < 1.29 is 4.74 Å². The molecule has 1 aromatic heterocycles. The number of fused-ring (bicyclic) bond motifs is 1. The molecule has 6 heteroatoms. The van der Waals surface area contributed by atoms with Gasteiger partial charge in [0.15, 0.2) is 5.82 Å². The van der Waals surface area contributed by atoms with Crippen molar-refractivity contribution in [3.05, 3.63) is 21.1 Å². The molecule has 2 atom stereocenters. The predicted molar refractivity (Wildman–Crippen MR) is 86.6 cm³/mol. The molecular formula is C15H21BrClN3O. The lowest BCUT2D eigenvalue weighted by Gasteiger charge is -2.34. The van der Waals surface area contributed by atoms with Gasteiger partial charge in [-0.3, -0.25) is 4.90 Å². The predicted octanol–water partition coefficient (Wildman–Crippen LogP) is 3.63. The monoisotopic (exact) mass is 373 g/mol. The molecule has 3 rings (SSSR count). The van der Waals surface area contributed by atoms with E-state index in [1.165, 1.54) is 12.8 Å². The van der Waals surface area contributed by atoms with Gasteiger partial charge >= 0.3 is 0 Å². The number of ether oxygens (including phenoxy) is 1. The van der Waals surface area contributed by atoms with Gasteiger partial charge in [0.1, 0.15) is 11.3 Å². The summed E-state index contributed by atoms with van der Waals surface area (Å²) in [7, 11) is 0. The van der Waals surface area contributed by atoms with Gasteiger partial charge in [-0.25, -0.2) is 9.97 Å². The van der Waals surface area contributed by atoms with Crippen LogP contribution in [-0.2, 0) is 11.2 Å². The SMILES string of the molecule is CC(C)Cc1nc(C2CN3CCCC3CO2)nc(Cl)c1Br. The van der Waals surface area contributed by atoms with E-state index in [2.05, 4.69) is 39.7 Å². The maximum Gasteiger partial charge on any atom is 0.160 e. The highest BCUT2D eigenvalue weighted by Crippen LogP contribution is 2.32. The van der Waals surface area contributed by atoms with E-state index in [0.717, 1.165) is 42.1 Å². The lowest BCUT2D eigenvalue weighted by Crippen LogP contribution is -2.43. The van der Waals surface area contributed by atoms with Gasteiger partial charge in [-0.15, -0.1) is 0 Å². The molecule has 0 aromatic carbocycles. The standard InChI is InChI=1S/C15H21BrClN3O/c1-9(2)6-11-13(16)14(17)19-15(18-11)12-7-20-5-3-4-10(20)8-21-12/h9-10,12H,3-8H2,1-2H3. The molecule has 2 saturated heterocycles. The average Bonchev–Trinajstić information content (AvgIpc) is 2.90. The number of rotatable bonds is 3. The van der Waals surface area contributed by atoms with E-state index in [0.29, 0.717) is 17.1 Å². The third kappa shape index (κ3) is 3.41. The van der Waals surface area contributed by atoms with Crippen LogP contribution in [-0.4, -0.2) is 40.6 Å². The van der Waals surface area contributed by atoms with Crippen molar-refractivity contribution in [1.82, 2.24) is 14.9 Å². The van der Waals surface area contributed by atoms with Crippen LogP contribution in [0.1, 0.15) is 44.3 Å². The third-order valence-corrected chi connectivity index (χ3v) is 5.51. The quantitative estimate of drug-likeness (QED) is 0.757. The van der Waals surface area contributed by atoms with Crippen molar-refractivity contribution in [3.63, 3.8) is 0 Å². The highest BCUT2D eigenvalue weighted by Gasteiger charge is 2.34. The molecule has 116 valence electrons. The molecule has 0 N–H and O–H groups in total. The van der Waals surface area contributed by atoms with E-state index in [1.54, 1.807) is 0 Å². The Hall–Kier alpha value is -0.230. The summed E-state index contributed by atoms with van der Waals surface area (Å²) in [4.78, 5) is 11.6. The summed E-state index contributed by atoms with van der Waals surface area (Å²) in [6.07, 6.45) is 3.33. The van der Waals surface area contributed by atoms with Gasteiger partial charge in [0.05, 0.1) is 16.8 Å². The summed E-state index contributed by atoms with van der Waals surface area (Å²) in [5.74, 6) is 1.25.